The summed E-state index contributed by atoms with van der Waals surface area (Å²) in [5.41, 5.74) is -0.181. The third kappa shape index (κ3) is 3.01. The number of amides is 2. The van der Waals surface area contributed by atoms with Gasteiger partial charge in [-0.2, -0.15) is 13.2 Å². The average Bonchev–Trinajstić information content (AvgIpc) is 2.80. The normalized spacial score (nSPS) is 14.2. The number of halogens is 3. The van der Waals surface area contributed by atoms with Crippen molar-refractivity contribution in [2.24, 2.45) is 0 Å². The van der Waals surface area contributed by atoms with Crippen LogP contribution in [0.3, 0.4) is 0 Å². The second-order valence-corrected chi connectivity index (χ2v) is 6.09. The minimum atomic E-state index is -4.49. The number of thioether (sulfide) groups is 1. The van der Waals surface area contributed by atoms with Crippen molar-refractivity contribution < 1.29 is 22.8 Å². The second-order valence-electron chi connectivity index (χ2n) is 5.01. The molecule has 2 amide bonds. The molecule has 0 aliphatic carbocycles. The molecule has 0 saturated carbocycles. The van der Waals surface area contributed by atoms with Gasteiger partial charge in [-0.15, -0.1) is 11.8 Å². The SMILES string of the molecule is O=C1c2ccccc2C(=O)N1CCSc1ncccc1C(F)(F)F. The monoisotopic (exact) mass is 352 g/mol. The molecule has 4 nitrogen and oxygen atoms in total. The quantitative estimate of drug-likeness (QED) is 0.624. The number of hydrogen-bond acceptors (Lipinski definition) is 4. The van der Waals surface area contributed by atoms with E-state index in [-0.39, 0.29) is 17.3 Å². The molecule has 0 atom stereocenters. The first kappa shape index (κ1) is 16.5. The van der Waals surface area contributed by atoms with Gasteiger partial charge in [-0.05, 0) is 24.3 Å². The van der Waals surface area contributed by atoms with Gasteiger partial charge in [-0.25, -0.2) is 4.98 Å². The molecule has 1 aliphatic heterocycles. The molecular formula is C16H11F3N2O2S. The van der Waals surface area contributed by atoms with Gasteiger partial charge in [0.1, 0.15) is 5.03 Å². The van der Waals surface area contributed by atoms with Crippen LogP contribution >= 0.6 is 11.8 Å². The predicted molar refractivity (Wildman–Crippen MR) is 81.8 cm³/mol. The Kier molecular flexibility index (Phi) is 4.31. The van der Waals surface area contributed by atoms with Crippen LogP contribution < -0.4 is 0 Å². The highest BCUT2D eigenvalue weighted by Gasteiger charge is 2.36. The summed E-state index contributed by atoms with van der Waals surface area (Å²) in [5, 5.41) is -0.165. The van der Waals surface area contributed by atoms with E-state index in [1.165, 1.54) is 12.3 Å². The molecule has 24 heavy (non-hydrogen) atoms. The zero-order valence-electron chi connectivity index (χ0n) is 12.2. The van der Waals surface area contributed by atoms with Gasteiger partial charge in [-0.3, -0.25) is 14.5 Å². The zero-order chi connectivity index (χ0) is 17.3. The van der Waals surface area contributed by atoms with Crippen LogP contribution in [0.25, 0.3) is 0 Å². The summed E-state index contributed by atoms with van der Waals surface area (Å²) in [6.45, 7) is 0.0187. The summed E-state index contributed by atoms with van der Waals surface area (Å²) in [7, 11) is 0. The van der Waals surface area contributed by atoms with Gasteiger partial charge in [0.25, 0.3) is 11.8 Å². The number of rotatable bonds is 4. The van der Waals surface area contributed by atoms with Crippen molar-refractivity contribution in [2.75, 3.05) is 12.3 Å². The van der Waals surface area contributed by atoms with Gasteiger partial charge < -0.3 is 0 Å². The molecule has 1 aromatic carbocycles. The Labute approximate surface area is 139 Å². The maximum Gasteiger partial charge on any atom is 0.419 e. The topological polar surface area (TPSA) is 50.3 Å². The van der Waals surface area contributed by atoms with Gasteiger partial charge in [0, 0.05) is 18.5 Å². The van der Waals surface area contributed by atoms with E-state index in [9.17, 15) is 22.8 Å². The van der Waals surface area contributed by atoms with Gasteiger partial charge >= 0.3 is 6.18 Å². The second kappa shape index (κ2) is 6.27. The van der Waals surface area contributed by atoms with Crippen LogP contribution in [0, 0.1) is 0 Å². The Morgan fingerprint density at radius 3 is 2.21 bits per heavy atom. The lowest BCUT2D eigenvalue weighted by Gasteiger charge is -2.14. The number of pyridine rings is 1. The third-order valence-electron chi connectivity index (χ3n) is 3.51. The Morgan fingerprint density at radius 1 is 1.00 bits per heavy atom. The van der Waals surface area contributed by atoms with Crippen LogP contribution in [-0.2, 0) is 6.18 Å². The Hall–Kier alpha value is -2.35. The lowest BCUT2D eigenvalue weighted by Crippen LogP contribution is -2.31. The summed E-state index contributed by atoms with van der Waals surface area (Å²) < 4.78 is 38.7. The van der Waals surface area contributed by atoms with E-state index in [4.69, 9.17) is 0 Å². The molecule has 1 aromatic heterocycles. The molecule has 0 saturated heterocycles. The standard InChI is InChI=1S/C16H11F3N2O2S/c17-16(18,19)12-6-3-7-20-13(12)24-9-8-21-14(22)10-4-1-2-5-11(10)15(21)23/h1-7H,8-9H2. The molecule has 0 radical (unpaired) electrons. The zero-order valence-corrected chi connectivity index (χ0v) is 13.0. The number of carbonyl (C=O) groups is 2. The summed E-state index contributed by atoms with van der Waals surface area (Å²) in [6, 6.07) is 8.61. The Bertz CT molecular complexity index is 773. The smallest absolute Gasteiger partial charge is 0.273 e. The van der Waals surface area contributed by atoms with Crippen molar-refractivity contribution >= 4 is 23.6 Å². The van der Waals surface area contributed by atoms with Crippen molar-refractivity contribution in [3.05, 3.63) is 59.3 Å². The number of hydrogen-bond donors (Lipinski definition) is 0. The van der Waals surface area contributed by atoms with Crippen molar-refractivity contribution in [2.45, 2.75) is 11.2 Å². The fourth-order valence-electron chi connectivity index (χ4n) is 2.40. The number of imide groups is 1. The molecule has 3 rings (SSSR count). The largest absolute Gasteiger partial charge is 0.419 e. The van der Waals surface area contributed by atoms with E-state index in [0.717, 1.165) is 22.7 Å². The first-order chi connectivity index (χ1) is 11.4. The molecule has 0 unspecified atom stereocenters. The highest BCUT2D eigenvalue weighted by atomic mass is 32.2. The number of benzene rings is 1. The molecule has 1 aliphatic rings. The maximum atomic E-state index is 12.9. The van der Waals surface area contributed by atoms with Crippen LogP contribution in [0.4, 0.5) is 13.2 Å². The third-order valence-corrected chi connectivity index (χ3v) is 4.49. The Balaban J connectivity index is 1.69. The highest BCUT2D eigenvalue weighted by molar-refractivity contribution is 7.99. The summed E-state index contributed by atoms with van der Waals surface area (Å²) in [6.07, 6.45) is -3.22. The van der Waals surface area contributed by atoms with E-state index in [1.54, 1.807) is 24.3 Å². The van der Waals surface area contributed by atoms with Gasteiger partial charge in [-0.1, -0.05) is 12.1 Å². The molecular weight excluding hydrogens is 341 g/mol. The number of alkyl halides is 3. The average molecular weight is 352 g/mol. The van der Waals surface area contributed by atoms with Crippen molar-refractivity contribution in [3.8, 4) is 0 Å². The van der Waals surface area contributed by atoms with Gasteiger partial charge in [0.15, 0.2) is 0 Å². The lowest BCUT2D eigenvalue weighted by molar-refractivity contribution is -0.140. The number of fused-ring (bicyclic) bond motifs is 1. The van der Waals surface area contributed by atoms with Crippen molar-refractivity contribution in [1.82, 2.24) is 9.88 Å². The first-order valence-electron chi connectivity index (χ1n) is 7.00. The molecule has 0 N–H and O–H groups in total. The van der Waals surface area contributed by atoms with Crippen LogP contribution in [-0.4, -0.2) is 34.0 Å². The van der Waals surface area contributed by atoms with Crippen LogP contribution in [0.15, 0.2) is 47.6 Å². The summed E-state index contributed by atoms with van der Waals surface area (Å²) in [5.74, 6) is -0.715. The van der Waals surface area contributed by atoms with Crippen molar-refractivity contribution in [3.63, 3.8) is 0 Å². The number of carbonyl (C=O) groups excluding carboxylic acids is 2. The molecule has 8 heteroatoms. The minimum absolute atomic E-state index is 0.0187. The van der Waals surface area contributed by atoms with Crippen molar-refractivity contribution in [1.29, 1.82) is 0 Å². The minimum Gasteiger partial charge on any atom is -0.273 e. The van der Waals surface area contributed by atoms with E-state index in [2.05, 4.69) is 4.98 Å². The molecule has 124 valence electrons. The fourth-order valence-corrected chi connectivity index (χ4v) is 3.34. The van der Waals surface area contributed by atoms with E-state index in [0.29, 0.717) is 11.1 Å². The van der Waals surface area contributed by atoms with E-state index in [1.807, 2.05) is 0 Å². The molecule has 2 aromatic rings. The number of aromatic nitrogens is 1. The first-order valence-corrected chi connectivity index (χ1v) is 7.98. The van der Waals surface area contributed by atoms with Crippen LogP contribution in [0.5, 0.6) is 0 Å². The fraction of sp³-hybridized carbons (Fsp3) is 0.188. The van der Waals surface area contributed by atoms with E-state index >= 15 is 0 Å². The summed E-state index contributed by atoms with van der Waals surface area (Å²) >= 11 is 0.866. The molecule has 0 spiro atoms. The molecule has 0 fully saturated rings. The van der Waals surface area contributed by atoms with Crippen LogP contribution in [0.2, 0.25) is 0 Å². The van der Waals surface area contributed by atoms with Crippen LogP contribution in [0.1, 0.15) is 26.3 Å². The molecule has 0 bridgehead atoms. The number of nitrogens with zero attached hydrogens (tertiary/aromatic N) is 2. The van der Waals surface area contributed by atoms with E-state index < -0.39 is 23.6 Å². The predicted octanol–water partition coefficient (Wildman–Crippen LogP) is 3.49. The summed E-state index contributed by atoms with van der Waals surface area (Å²) in [4.78, 5) is 29.1. The molecule has 2 heterocycles. The maximum absolute atomic E-state index is 12.9. The van der Waals surface area contributed by atoms with Gasteiger partial charge in [0.2, 0.25) is 0 Å². The van der Waals surface area contributed by atoms with Gasteiger partial charge in [0.05, 0.1) is 16.7 Å². The highest BCUT2D eigenvalue weighted by Crippen LogP contribution is 2.35. The Morgan fingerprint density at radius 2 is 1.62 bits per heavy atom. The lowest BCUT2D eigenvalue weighted by atomic mass is 10.1.